The molecule has 0 radical (unpaired) electrons. The van der Waals surface area contributed by atoms with Crippen LogP contribution in [-0.2, 0) is 14.3 Å². The normalized spacial score (nSPS) is 12.0. The molecule has 16 heavy (non-hydrogen) atoms. The van der Waals surface area contributed by atoms with Crippen molar-refractivity contribution in [2.24, 2.45) is 5.92 Å². The zero-order chi connectivity index (χ0) is 12.6. The Bertz CT molecular complexity index is 228. The molecule has 0 bridgehead atoms. The van der Waals surface area contributed by atoms with Gasteiger partial charge in [0.05, 0.1) is 5.92 Å². The Balaban J connectivity index is 3.75. The third-order valence-electron chi connectivity index (χ3n) is 2.28. The molecule has 1 amide bonds. The standard InChI is InChI=1S/C11H21NO4/c1-9(6-4-5-7-13)11(15)16-8-10(14)12(2)3/h9,13H,4-8H2,1-3H3. The summed E-state index contributed by atoms with van der Waals surface area (Å²) >= 11 is 0. The SMILES string of the molecule is CC(CCCCO)C(=O)OCC(=O)N(C)C. The van der Waals surface area contributed by atoms with E-state index in [1.165, 1.54) is 4.90 Å². The number of likely N-dealkylation sites (N-methyl/N-ethyl adjacent to an activating group) is 1. The van der Waals surface area contributed by atoms with Gasteiger partial charge in [-0.2, -0.15) is 0 Å². The number of ether oxygens (including phenoxy) is 1. The van der Waals surface area contributed by atoms with Gasteiger partial charge in [0.2, 0.25) is 0 Å². The van der Waals surface area contributed by atoms with Gasteiger partial charge in [0.25, 0.3) is 5.91 Å². The van der Waals surface area contributed by atoms with Crippen molar-refractivity contribution in [3.05, 3.63) is 0 Å². The van der Waals surface area contributed by atoms with E-state index >= 15 is 0 Å². The van der Waals surface area contributed by atoms with Crippen molar-refractivity contribution in [1.29, 1.82) is 0 Å². The minimum absolute atomic E-state index is 0.140. The molecule has 1 N–H and O–H groups in total. The van der Waals surface area contributed by atoms with Gasteiger partial charge in [0, 0.05) is 20.7 Å². The molecule has 0 aromatic carbocycles. The van der Waals surface area contributed by atoms with Crippen LogP contribution in [-0.4, -0.2) is 49.2 Å². The topological polar surface area (TPSA) is 66.8 Å². The van der Waals surface area contributed by atoms with Crippen molar-refractivity contribution in [2.45, 2.75) is 26.2 Å². The number of amides is 1. The minimum Gasteiger partial charge on any atom is -0.455 e. The number of aliphatic hydroxyl groups is 1. The highest BCUT2D eigenvalue weighted by molar-refractivity contribution is 5.80. The molecule has 1 unspecified atom stereocenters. The summed E-state index contributed by atoms with van der Waals surface area (Å²) in [5.41, 5.74) is 0. The molecule has 5 heteroatoms. The first-order chi connectivity index (χ1) is 7.49. The first-order valence-corrected chi connectivity index (χ1v) is 5.46. The van der Waals surface area contributed by atoms with Crippen LogP contribution in [0.15, 0.2) is 0 Å². The summed E-state index contributed by atoms with van der Waals surface area (Å²) in [6.45, 7) is 1.71. The Morgan fingerprint density at radius 1 is 1.31 bits per heavy atom. The van der Waals surface area contributed by atoms with Crippen LogP contribution in [0.3, 0.4) is 0 Å². The monoisotopic (exact) mass is 231 g/mol. The largest absolute Gasteiger partial charge is 0.455 e. The van der Waals surface area contributed by atoms with E-state index in [0.29, 0.717) is 12.8 Å². The number of hydrogen-bond acceptors (Lipinski definition) is 4. The second-order valence-corrected chi connectivity index (χ2v) is 4.02. The van der Waals surface area contributed by atoms with Crippen LogP contribution in [0, 0.1) is 5.92 Å². The van der Waals surface area contributed by atoms with E-state index in [1.54, 1.807) is 21.0 Å². The first-order valence-electron chi connectivity index (χ1n) is 5.46. The van der Waals surface area contributed by atoms with Crippen molar-refractivity contribution in [3.63, 3.8) is 0 Å². The van der Waals surface area contributed by atoms with E-state index in [2.05, 4.69) is 0 Å². The van der Waals surface area contributed by atoms with Crippen molar-refractivity contribution in [3.8, 4) is 0 Å². The van der Waals surface area contributed by atoms with Crippen LogP contribution >= 0.6 is 0 Å². The number of rotatable bonds is 7. The Kier molecular flexibility index (Phi) is 7.54. The van der Waals surface area contributed by atoms with Gasteiger partial charge in [-0.05, 0) is 12.8 Å². The predicted molar refractivity (Wildman–Crippen MR) is 59.8 cm³/mol. The van der Waals surface area contributed by atoms with Crippen molar-refractivity contribution in [2.75, 3.05) is 27.3 Å². The highest BCUT2D eigenvalue weighted by Crippen LogP contribution is 2.09. The lowest BCUT2D eigenvalue weighted by atomic mass is 10.0. The Labute approximate surface area is 96.4 Å². The molecular weight excluding hydrogens is 210 g/mol. The van der Waals surface area contributed by atoms with Crippen molar-refractivity contribution < 1.29 is 19.4 Å². The van der Waals surface area contributed by atoms with Gasteiger partial charge in [-0.1, -0.05) is 13.3 Å². The fourth-order valence-corrected chi connectivity index (χ4v) is 1.08. The van der Waals surface area contributed by atoms with Crippen LogP contribution < -0.4 is 0 Å². The molecule has 5 nitrogen and oxygen atoms in total. The number of nitrogens with zero attached hydrogens (tertiary/aromatic N) is 1. The molecule has 94 valence electrons. The lowest BCUT2D eigenvalue weighted by molar-refractivity contribution is -0.154. The maximum atomic E-state index is 11.4. The van der Waals surface area contributed by atoms with Crippen molar-refractivity contribution >= 4 is 11.9 Å². The Hall–Kier alpha value is -1.10. The minimum atomic E-state index is -0.354. The van der Waals surface area contributed by atoms with Crippen LogP contribution in [0.25, 0.3) is 0 Å². The molecule has 0 aliphatic rings. The smallest absolute Gasteiger partial charge is 0.309 e. The summed E-state index contributed by atoms with van der Waals surface area (Å²) in [7, 11) is 3.22. The number of aliphatic hydroxyl groups excluding tert-OH is 1. The maximum Gasteiger partial charge on any atom is 0.309 e. The fourth-order valence-electron chi connectivity index (χ4n) is 1.08. The molecular formula is C11H21NO4. The third-order valence-corrected chi connectivity index (χ3v) is 2.28. The first kappa shape index (κ1) is 14.9. The van der Waals surface area contributed by atoms with E-state index in [1.807, 2.05) is 0 Å². The molecule has 0 aromatic rings. The van der Waals surface area contributed by atoms with Gasteiger partial charge in [0.1, 0.15) is 0 Å². The molecule has 0 heterocycles. The van der Waals surface area contributed by atoms with Gasteiger partial charge < -0.3 is 14.7 Å². The van der Waals surface area contributed by atoms with E-state index in [9.17, 15) is 9.59 Å². The quantitative estimate of drug-likeness (QED) is 0.509. The number of carbonyl (C=O) groups is 2. The molecule has 1 atom stereocenters. The fraction of sp³-hybridized carbons (Fsp3) is 0.818. The van der Waals surface area contributed by atoms with E-state index in [0.717, 1.165) is 6.42 Å². The summed E-state index contributed by atoms with van der Waals surface area (Å²) in [5, 5.41) is 8.59. The van der Waals surface area contributed by atoms with Crippen molar-refractivity contribution in [1.82, 2.24) is 4.90 Å². The molecule has 0 aromatic heterocycles. The van der Waals surface area contributed by atoms with Crippen LogP contribution in [0.5, 0.6) is 0 Å². The average Bonchev–Trinajstić information content (AvgIpc) is 2.25. The highest BCUT2D eigenvalue weighted by atomic mass is 16.5. The van der Waals surface area contributed by atoms with Gasteiger partial charge in [-0.3, -0.25) is 9.59 Å². The number of esters is 1. The van der Waals surface area contributed by atoms with Gasteiger partial charge in [-0.15, -0.1) is 0 Å². The summed E-state index contributed by atoms with van der Waals surface area (Å²) in [5.74, 6) is -0.800. The van der Waals surface area contributed by atoms with E-state index in [4.69, 9.17) is 9.84 Å². The van der Waals surface area contributed by atoms with Gasteiger partial charge >= 0.3 is 5.97 Å². The van der Waals surface area contributed by atoms with E-state index < -0.39 is 0 Å². The Morgan fingerprint density at radius 2 is 1.94 bits per heavy atom. The lowest BCUT2D eigenvalue weighted by Gasteiger charge is -2.13. The molecule has 0 saturated heterocycles. The molecule has 0 rings (SSSR count). The second-order valence-electron chi connectivity index (χ2n) is 4.02. The molecule has 0 saturated carbocycles. The van der Waals surface area contributed by atoms with Crippen LogP contribution in [0.2, 0.25) is 0 Å². The van der Waals surface area contributed by atoms with Crippen LogP contribution in [0.1, 0.15) is 26.2 Å². The predicted octanol–water partition coefficient (Wildman–Crippen LogP) is 0.416. The maximum absolute atomic E-state index is 11.4. The highest BCUT2D eigenvalue weighted by Gasteiger charge is 2.15. The summed E-state index contributed by atoms with van der Waals surface area (Å²) in [6, 6.07) is 0. The zero-order valence-corrected chi connectivity index (χ0v) is 10.2. The van der Waals surface area contributed by atoms with Gasteiger partial charge in [0.15, 0.2) is 6.61 Å². The van der Waals surface area contributed by atoms with Crippen LogP contribution in [0.4, 0.5) is 0 Å². The number of carbonyl (C=O) groups excluding carboxylic acids is 2. The molecule has 0 fully saturated rings. The van der Waals surface area contributed by atoms with E-state index in [-0.39, 0.29) is 31.0 Å². The Morgan fingerprint density at radius 3 is 2.44 bits per heavy atom. The lowest BCUT2D eigenvalue weighted by Crippen LogP contribution is -2.28. The molecule has 0 aliphatic carbocycles. The summed E-state index contributed by atoms with van der Waals surface area (Å²) in [6.07, 6.45) is 2.15. The molecule has 0 spiro atoms. The number of hydrogen-bond donors (Lipinski definition) is 1. The summed E-state index contributed by atoms with van der Waals surface area (Å²) < 4.78 is 4.86. The average molecular weight is 231 g/mol. The molecule has 0 aliphatic heterocycles. The van der Waals surface area contributed by atoms with Gasteiger partial charge in [-0.25, -0.2) is 0 Å². The third kappa shape index (κ3) is 6.40. The number of unbranched alkanes of at least 4 members (excludes halogenated alkanes) is 1. The zero-order valence-electron chi connectivity index (χ0n) is 10.2. The second kappa shape index (κ2) is 8.10. The summed E-state index contributed by atoms with van der Waals surface area (Å²) in [4.78, 5) is 23.9.